The van der Waals surface area contributed by atoms with Crippen molar-refractivity contribution in [2.24, 2.45) is 0 Å². The number of alkyl halides is 6. The minimum atomic E-state index is -6.49. The summed E-state index contributed by atoms with van der Waals surface area (Å²) in [6.07, 6.45) is -6.49. The van der Waals surface area contributed by atoms with Crippen molar-refractivity contribution < 1.29 is 53.2 Å². The molecule has 0 saturated carbocycles. The zero-order chi connectivity index (χ0) is 16.7. The van der Waals surface area contributed by atoms with Gasteiger partial charge in [-0.25, -0.2) is 18.1 Å². The Hall–Kier alpha value is -1.59. The molecule has 1 nitrogen and oxygen atoms in total. The lowest BCUT2D eigenvalue weighted by molar-refractivity contribution is -0.961. The topological polar surface area (TPSA) is 4.44 Å². The van der Waals surface area contributed by atoms with Crippen molar-refractivity contribution in [2.75, 3.05) is 6.80 Å². The number of benzene rings is 1. The molecule has 0 heterocycles. The molecule has 12 heteroatoms. The predicted octanol–water partition coefficient (Wildman–Crippen LogP) is 2.98. The normalized spacial score (nSPS) is 14.4. The van der Waals surface area contributed by atoms with Crippen LogP contribution in [0.2, 0.25) is 0 Å². The molecule has 0 saturated heterocycles. The van der Waals surface area contributed by atoms with Gasteiger partial charge in [0.15, 0.2) is 0 Å². The third kappa shape index (κ3) is 2.63. The lowest BCUT2D eigenvalue weighted by Gasteiger charge is -2.26. The second kappa shape index (κ2) is 5.31. The average Bonchev–Trinajstić information content (AvgIpc) is 2.37. The number of quaternary nitrogens is 1. The Morgan fingerprint density at radius 2 is 1.00 bits per heavy atom. The molecule has 0 amide bonds. The molecule has 0 aliphatic carbocycles. The van der Waals surface area contributed by atoms with E-state index in [-0.39, 0.29) is 0 Å². The molecule has 1 aromatic rings. The molecule has 120 valence electrons. The highest BCUT2D eigenvalue weighted by Gasteiger charge is 2.68. The van der Waals surface area contributed by atoms with Gasteiger partial charge in [-0.05, 0) is 0 Å². The van der Waals surface area contributed by atoms with Crippen molar-refractivity contribution in [3.05, 3.63) is 29.1 Å². The molecule has 1 atom stereocenters. The van der Waals surface area contributed by atoms with Crippen LogP contribution in [0.4, 0.5) is 54.0 Å². The predicted molar refractivity (Wildman–Crippen MR) is 43.8 cm³/mol. The minimum Gasteiger partial charge on any atom is -0.202 e. The fraction of sp³-hybridized carbons (Fsp3) is 0.333. The average molecular weight is 334 g/mol. The molecule has 1 N–H and O–H groups in total. The van der Waals surface area contributed by atoms with E-state index < -0.39 is 58.7 Å². The molecule has 1 rings (SSSR count). The van der Waals surface area contributed by atoms with Crippen LogP contribution in [0.15, 0.2) is 0 Å². The Balaban J connectivity index is 3.65. The van der Waals surface area contributed by atoms with Crippen LogP contribution in [0.3, 0.4) is 0 Å². The van der Waals surface area contributed by atoms with Gasteiger partial charge in [0.25, 0.3) is 0 Å². The van der Waals surface area contributed by atoms with Crippen LogP contribution in [0.1, 0.15) is 0 Å². The summed E-state index contributed by atoms with van der Waals surface area (Å²) in [5, 5.41) is 0. The number of hydrogen-bond donors (Lipinski definition) is 1. The quantitative estimate of drug-likeness (QED) is 0.375. The second-order valence-electron chi connectivity index (χ2n) is 3.63. The van der Waals surface area contributed by atoms with Gasteiger partial charge in [0.05, 0.1) is 0 Å². The maximum Gasteiger partial charge on any atom is 0.515 e. The SMILES string of the molecule is FC[NH+](c1c(F)c(F)c(F)c(F)c1F)C(F)(F)C(F)(F)F. The van der Waals surface area contributed by atoms with Crippen LogP contribution >= 0.6 is 0 Å². The summed E-state index contributed by atoms with van der Waals surface area (Å²) in [5.41, 5.74) is -2.64. The summed E-state index contributed by atoms with van der Waals surface area (Å²) in [5.74, 6) is -14.3. The number of hydrogen-bond acceptors (Lipinski definition) is 0. The lowest BCUT2D eigenvalue weighted by atomic mass is 10.2. The summed E-state index contributed by atoms with van der Waals surface area (Å²) in [6, 6.07) is -6.12. The fourth-order valence-electron chi connectivity index (χ4n) is 1.35. The van der Waals surface area contributed by atoms with E-state index in [0.29, 0.717) is 0 Å². The Labute approximate surface area is 108 Å². The second-order valence-corrected chi connectivity index (χ2v) is 3.63. The van der Waals surface area contributed by atoms with Crippen LogP contribution in [-0.2, 0) is 0 Å². The molecule has 0 radical (unpaired) electrons. The van der Waals surface area contributed by atoms with Gasteiger partial charge < -0.3 is 0 Å². The van der Waals surface area contributed by atoms with Crippen LogP contribution in [0, 0.1) is 29.1 Å². The van der Waals surface area contributed by atoms with Crippen molar-refractivity contribution >= 4 is 5.69 Å². The number of rotatable bonds is 3. The van der Waals surface area contributed by atoms with E-state index in [9.17, 15) is 48.3 Å². The maximum atomic E-state index is 13.1. The molecular formula is C9H3F11N+. The van der Waals surface area contributed by atoms with Gasteiger partial charge in [0.2, 0.25) is 41.6 Å². The van der Waals surface area contributed by atoms with Gasteiger partial charge in [-0.15, -0.1) is 8.78 Å². The molecule has 0 aliphatic heterocycles. The molecule has 0 spiro atoms. The summed E-state index contributed by atoms with van der Waals surface area (Å²) >= 11 is 0. The molecule has 1 aromatic carbocycles. The van der Waals surface area contributed by atoms with Crippen LogP contribution in [0.25, 0.3) is 0 Å². The Morgan fingerprint density at radius 1 is 0.667 bits per heavy atom. The van der Waals surface area contributed by atoms with Crippen molar-refractivity contribution in [3.8, 4) is 0 Å². The third-order valence-corrected chi connectivity index (χ3v) is 2.38. The molecule has 21 heavy (non-hydrogen) atoms. The zero-order valence-electron chi connectivity index (χ0n) is 9.36. The van der Waals surface area contributed by atoms with Gasteiger partial charge in [-0.2, -0.15) is 26.3 Å². The summed E-state index contributed by atoms with van der Waals surface area (Å²) in [7, 11) is 0. The van der Waals surface area contributed by atoms with E-state index in [2.05, 4.69) is 0 Å². The van der Waals surface area contributed by atoms with Gasteiger partial charge in [0, 0.05) is 0 Å². The van der Waals surface area contributed by atoms with E-state index in [4.69, 9.17) is 0 Å². The molecular weight excluding hydrogens is 331 g/mol. The Kier molecular flexibility index (Phi) is 4.42. The first kappa shape index (κ1) is 17.5. The third-order valence-electron chi connectivity index (χ3n) is 2.38. The van der Waals surface area contributed by atoms with Crippen molar-refractivity contribution in [3.63, 3.8) is 0 Å². The van der Waals surface area contributed by atoms with Gasteiger partial charge in [-0.1, -0.05) is 0 Å². The maximum absolute atomic E-state index is 13.1. The zero-order valence-corrected chi connectivity index (χ0v) is 9.36. The van der Waals surface area contributed by atoms with Gasteiger partial charge in [0.1, 0.15) is 0 Å². The Morgan fingerprint density at radius 3 is 1.29 bits per heavy atom. The minimum absolute atomic E-state index is 2.64. The van der Waals surface area contributed by atoms with Crippen molar-refractivity contribution in [1.29, 1.82) is 0 Å². The standard InChI is InChI=1S/C9H2F11N/c10-1-21(9(19,20)8(16,17)18)7-5(14)3(12)2(11)4(13)6(7)15/h1H2/p+1. The van der Waals surface area contributed by atoms with E-state index >= 15 is 0 Å². The number of halogens is 11. The van der Waals surface area contributed by atoms with Crippen LogP contribution < -0.4 is 4.90 Å². The lowest BCUT2D eigenvalue weighted by Crippen LogP contribution is -3.16. The highest BCUT2D eigenvalue weighted by molar-refractivity contribution is 5.36. The first-order valence-corrected chi connectivity index (χ1v) is 4.76. The molecule has 1 unspecified atom stereocenters. The summed E-state index contributed by atoms with van der Waals surface area (Å²) < 4.78 is 139. The Bertz CT molecular complexity index is 521. The smallest absolute Gasteiger partial charge is 0.202 e. The summed E-state index contributed by atoms with van der Waals surface area (Å²) in [4.78, 5) is -2.91. The van der Waals surface area contributed by atoms with Gasteiger partial charge in [-0.3, -0.25) is 0 Å². The van der Waals surface area contributed by atoms with E-state index in [1.165, 1.54) is 0 Å². The van der Waals surface area contributed by atoms with Crippen molar-refractivity contribution in [2.45, 2.75) is 12.2 Å². The van der Waals surface area contributed by atoms with Crippen molar-refractivity contribution in [1.82, 2.24) is 0 Å². The van der Waals surface area contributed by atoms with E-state index in [0.717, 1.165) is 0 Å². The molecule has 0 aromatic heterocycles. The van der Waals surface area contributed by atoms with E-state index in [1.807, 2.05) is 0 Å². The molecule has 0 bridgehead atoms. The summed E-state index contributed by atoms with van der Waals surface area (Å²) in [6.45, 7) is -2.79. The highest BCUT2D eigenvalue weighted by Crippen LogP contribution is 2.33. The first-order valence-electron chi connectivity index (χ1n) is 4.76. The number of nitrogens with one attached hydrogen (secondary N) is 1. The molecule has 0 fully saturated rings. The molecule has 0 aliphatic rings. The highest BCUT2D eigenvalue weighted by atomic mass is 19.4. The van der Waals surface area contributed by atoms with Crippen LogP contribution in [-0.4, -0.2) is 19.0 Å². The van der Waals surface area contributed by atoms with Gasteiger partial charge >= 0.3 is 12.2 Å². The largest absolute Gasteiger partial charge is 0.515 e. The first-order chi connectivity index (χ1) is 9.37. The van der Waals surface area contributed by atoms with Crippen LogP contribution in [0.5, 0.6) is 0 Å². The monoisotopic (exact) mass is 334 g/mol. The fourth-order valence-corrected chi connectivity index (χ4v) is 1.35. The van der Waals surface area contributed by atoms with E-state index in [1.54, 1.807) is 0 Å².